The fraction of sp³-hybridized carbons (Fsp3) is 0.667. The normalized spacial score (nSPS) is 16.2. The number of aliphatic imine (C=N–C) groups is 2. The van der Waals surface area contributed by atoms with Crippen LogP contribution in [0, 0.1) is 0 Å². The van der Waals surface area contributed by atoms with Crippen LogP contribution in [0.3, 0.4) is 0 Å². The number of urea groups is 1. The lowest BCUT2D eigenvalue weighted by atomic mass is 10.7. The van der Waals surface area contributed by atoms with Crippen molar-refractivity contribution in [1.82, 2.24) is 10.6 Å². The molecule has 2 amide bonds. The maximum Gasteiger partial charge on any atom is 0.316 e. The number of halogens is 6. The molecule has 0 spiro atoms. The van der Waals surface area contributed by atoms with Gasteiger partial charge in [-0.1, -0.05) is 93.1 Å². The Bertz CT molecular complexity index is 485. The van der Waals surface area contributed by atoms with Crippen LogP contribution >= 0.6 is 93.1 Å². The lowest BCUT2D eigenvalue weighted by Gasteiger charge is -2.15. The van der Waals surface area contributed by atoms with Crippen LogP contribution in [0.5, 0.6) is 0 Å². The summed E-state index contributed by atoms with van der Waals surface area (Å²) in [7, 11) is 0. The minimum Gasteiger partial charge on any atom is -0.378 e. The predicted molar refractivity (Wildman–Crippen MR) is 112 cm³/mol. The standard InChI is InChI=1S/C9H14Cl6N6O3S2/c10-8(11,12)3(22)20-5(16)25-1-18-7(24)19-2-26-6(17)21-4(23)9(13,14)15/h3-4,22-23H,1-2H2,(H2,16,20)(H2,17,21)(H2,18,19,24). The molecule has 0 aromatic heterocycles. The van der Waals surface area contributed by atoms with E-state index >= 15 is 0 Å². The van der Waals surface area contributed by atoms with E-state index in [0.29, 0.717) is 0 Å². The minimum absolute atomic E-state index is 0.0218. The summed E-state index contributed by atoms with van der Waals surface area (Å²) in [4.78, 5) is 18.6. The molecule has 8 N–H and O–H groups in total. The zero-order valence-electron chi connectivity index (χ0n) is 12.5. The molecule has 0 saturated carbocycles. The number of aliphatic hydroxyl groups is 2. The molecule has 0 bridgehead atoms. The number of nitrogens with zero attached hydrogens (tertiary/aromatic N) is 2. The second-order valence-electron chi connectivity index (χ2n) is 4.03. The average Bonchev–Trinajstić information content (AvgIpc) is 2.44. The molecule has 0 aliphatic carbocycles. The fourth-order valence-corrected chi connectivity index (χ4v) is 2.22. The van der Waals surface area contributed by atoms with E-state index in [-0.39, 0.29) is 22.1 Å². The lowest BCUT2D eigenvalue weighted by molar-refractivity contribution is 0.189. The molecule has 0 aliphatic rings. The van der Waals surface area contributed by atoms with Crippen molar-refractivity contribution in [3.05, 3.63) is 0 Å². The summed E-state index contributed by atoms with van der Waals surface area (Å²) in [6.07, 6.45) is -3.29. The van der Waals surface area contributed by atoms with Crippen molar-refractivity contribution in [2.45, 2.75) is 20.0 Å². The summed E-state index contributed by atoms with van der Waals surface area (Å²) >= 11 is 34.3. The number of carbonyl (C=O) groups excluding carboxylic acids is 1. The third-order valence-electron chi connectivity index (χ3n) is 1.99. The van der Waals surface area contributed by atoms with Crippen LogP contribution in [0.2, 0.25) is 0 Å². The molecule has 0 saturated heterocycles. The number of amides is 2. The molecule has 26 heavy (non-hydrogen) atoms. The molecule has 0 aromatic carbocycles. The second kappa shape index (κ2) is 12.2. The van der Waals surface area contributed by atoms with E-state index < -0.39 is 26.1 Å². The molecule has 2 atom stereocenters. The number of hydrogen-bond acceptors (Lipinski definition) is 7. The quantitative estimate of drug-likeness (QED) is 0.132. The highest BCUT2D eigenvalue weighted by atomic mass is 35.6. The van der Waals surface area contributed by atoms with Crippen molar-refractivity contribution in [2.24, 2.45) is 21.5 Å². The number of aliphatic hydroxyl groups excluding tert-OH is 2. The molecular formula is C9H14Cl6N6O3S2. The Labute approximate surface area is 187 Å². The molecule has 0 fully saturated rings. The maximum absolute atomic E-state index is 11.5. The van der Waals surface area contributed by atoms with Gasteiger partial charge in [-0.2, -0.15) is 0 Å². The highest BCUT2D eigenvalue weighted by Crippen LogP contribution is 2.31. The monoisotopic (exact) mass is 528 g/mol. The Kier molecular flexibility index (Phi) is 12.5. The van der Waals surface area contributed by atoms with E-state index in [1.165, 1.54) is 0 Å². The molecular weight excluding hydrogens is 517 g/mol. The second-order valence-corrected chi connectivity index (χ2v) is 10.8. The third-order valence-corrected chi connectivity index (χ3v) is 4.54. The van der Waals surface area contributed by atoms with E-state index in [9.17, 15) is 15.0 Å². The topological polar surface area (TPSA) is 158 Å². The molecule has 152 valence electrons. The van der Waals surface area contributed by atoms with Crippen LogP contribution < -0.4 is 22.1 Å². The SMILES string of the molecule is N/C(=N\C(O)C(Cl)(Cl)Cl)SCNC(=O)NCS/C(N)=N/C(O)C(Cl)(Cl)Cl. The Morgan fingerprint density at radius 2 is 1.19 bits per heavy atom. The van der Waals surface area contributed by atoms with Gasteiger partial charge in [0.15, 0.2) is 22.8 Å². The molecule has 2 unspecified atom stereocenters. The molecule has 9 nitrogen and oxygen atoms in total. The first-order valence-electron chi connectivity index (χ1n) is 6.17. The number of rotatable bonds is 6. The van der Waals surface area contributed by atoms with Gasteiger partial charge in [-0.3, -0.25) is 0 Å². The molecule has 0 aliphatic heterocycles. The number of amidine groups is 2. The predicted octanol–water partition coefficient (Wildman–Crippen LogP) is 1.67. The van der Waals surface area contributed by atoms with Crippen molar-refractivity contribution >= 4 is 109 Å². The Morgan fingerprint density at radius 3 is 1.46 bits per heavy atom. The summed E-state index contributed by atoms with van der Waals surface area (Å²) in [5.41, 5.74) is 11.0. The van der Waals surface area contributed by atoms with Gasteiger partial charge in [0, 0.05) is 0 Å². The summed E-state index contributed by atoms with van der Waals surface area (Å²) in [5.74, 6) is 0.0436. The van der Waals surface area contributed by atoms with Gasteiger partial charge in [-0.25, -0.2) is 14.8 Å². The number of nitrogens with one attached hydrogen (secondary N) is 2. The largest absolute Gasteiger partial charge is 0.378 e. The van der Waals surface area contributed by atoms with Crippen LogP contribution in [0.15, 0.2) is 9.98 Å². The van der Waals surface area contributed by atoms with Gasteiger partial charge in [-0.05, 0) is 0 Å². The first-order chi connectivity index (χ1) is 11.7. The summed E-state index contributed by atoms with van der Waals surface area (Å²) < 4.78 is -4.03. The molecule has 0 rings (SSSR count). The van der Waals surface area contributed by atoms with Crippen LogP contribution in [0.4, 0.5) is 4.79 Å². The van der Waals surface area contributed by atoms with E-state index in [4.69, 9.17) is 81.1 Å². The highest BCUT2D eigenvalue weighted by Gasteiger charge is 2.31. The third kappa shape index (κ3) is 12.9. The summed E-state index contributed by atoms with van der Waals surface area (Å²) in [6.45, 7) is 0. The van der Waals surface area contributed by atoms with Crippen LogP contribution in [0.25, 0.3) is 0 Å². The number of carbonyl (C=O) groups is 1. The van der Waals surface area contributed by atoms with Gasteiger partial charge in [0.05, 0.1) is 11.8 Å². The molecule has 0 heterocycles. The van der Waals surface area contributed by atoms with Crippen molar-refractivity contribution in [1.29, 1.82) is 0 Å². The fourth-order valence-electron chi connectivity index (χ4n) is 0.876. The van der Waals surface area contributed by atoms with Crippen LogP contribution in [0.1, 0.15) is 0 Å². The lowest BCUT2D eigenvalue weighted by Crippen LogP contribution is -2.36. The van der Waals surface area contributed by atoms with E-state index in [2.05, 4.69) is 20.6 Å². The zero-order chi connectivity index (χ0) is 20.5. The van der Waals surface area contributed by atoms with Gasteiger partial charge in [0.1, 0.15) is 0 Å². The number of hydrogen-bond donors (Lipinski definition) is 6. The van der Waals surface area contributed by atoms with Gasteiger partial charge < -0.3 is 32.3 Å². The van der Waals surface area contributed by atoms with Crippen molar-refractivity contribution in [3.63, 3.8) is 0 Å². The molecule has 17 heteroatoms. The van der Waals surface area contributed by atoms with Gasteiger partial charge in [0.2, 0.25) is 7.59 Å². The Morgan fingerprint density at radius 1 is 0.885 bits per heavy atom. The van der Waals surface area contributed by atoms with E-state index in [1.807, 2.05) is 0 Å². The van der Waals surface area contributed by atoms with Crippen molar-refractivity contribution in [2.75, 3.05) is 11.8 Å². The zero-order valence-corrected chi connectivity index (χ0v) is 18.7. The van der Waals surface area contributed by atoms with Gasteiger partial charge in [0.25, 0.3) is 0 Å². The summed E-state index contributed by atoms with van der Waals surface area (Å²) in [6, 6.07) is -0.561. The first kappa shape index (κ1) is 26.6. The van der Waals surface area contributed by atoms with Gasteiger partial charge in [-0.15, -0.1) is 0 Å². The number of thioether (sulfide) groups is 2. The van der Waals surface area contributed by atoms with Crippen LogP contribution in [-0.2, 0) is 0 Å². The summed E-state index contributed by atoms with van der Waals surface area (Å²) in [5, 5.41) is 23.5. The molecule has 0 aromatic rings. The minimum atomic E-state index is -2.02. The Balaban J connectivity index is 4.11. The smallest absolute Gasteiger partial charge is 0.316 e. The maximum atomic E-state index is 11.5. The van der Waals surface area contributed by atoms with Crippen LogP contribution in [-0.4, -0.2) is 58.4 Å². The number of nitrogens with two attached hydrogens (primary N) is 2. The highest BCUT2D eigenvalue weighted by molar-refractivity contribution is 8.14. The first-order valence-corrected chi connectivity index (χ1v) is 10.4. The van der Waals surface area contributed by atoms with Crippen molar-refractivity contribution in [3.8, 4) is 0 Å². The van der Waals surface area contributed by atoms with E-state index in [1.54, 1.807) is 0 Å². The molecule has 0 radical (unpaired) electrons. The van der Waals surface area contributed by atoms with Crippen molar-refractivity contribution < 1.29 is 15.0 Å². The van der Waals surface area contributed by atoms with E-state index in [0.717, 1.165) is 23.5 Å². The number of alkyl halides is 6. The van der Waals surface area contributed by atoms with Gasteiger partial charge >= 0.3 is 6.03 Å². The average molecular weight is 531 g/mol. The Hall–Kier alpha value is 0.570.